The SMILES string of the molecule is Cc1ccc(C(=O)NC2CCN(C(=O)c3sc(Cc4ccc(F)cc4)nc3C)CC2)o1. The molecule has 1 aromatic carbocycles. The van der Waals surface area contributed by atoms with Gasteiger partial charge in [0.1, 0.15) is 16.5 Å². The standard InChI is InChI=1S/C23H24FN3O3S/c1-14-3-8-19(30-14)22(28)26-18-9-11-27(12-10-18)23(29)21-15(2)25-20(31-21)13-16-4-6-17(24)7-5-16/h3-8,18H,9-13H2,1-2H3,(H,26,28). The molecular weight excluding hydrogens is 417 g/mol. The molecule has 0 radical (unpaired) electrons. The molecular formula is C23H24FN3O3S. The lowest BCUT2D eigenvalue weighted by atomic mass is 10.0. The van der Waals surface area contributed by atoms with Crippen molar-refractivity contribution in [3.8, 4) is 0 Å². The predicted molar refractivity (Wildman–Crippen MR) is 116 cm³/mol. The van der Waals surface area contributed by atoms with Crippen molar-refractivity contribution in [2.45, 2.75) is 39.2 Å². The number of hydrogen-bond donors (Lipinski definition) is 1. The number of thiazole rings is 1. The van der Waals surface area contributed by atoms with Crippen LogP contribution in [0.15, 0.2) is 40.8 Å². The van der Waals surface area contributed by atoms with Crippen LogP contribution in [0.5, 0.6) is 0 Å². The molecule has 1 aliphatic heterocycles. The first kappa shape index (κ1) is 21.2. The van der Waals surface area contributed by atoms with Gasteiger partial charge in [-0.05, 0) is 56.5 Å². The van der Waals surface area contributed by atoms with Crippen molar-refractivity contribution in [3.63, 3.8) is 0 Å². The van der Waals surface area contributed by atoms with Gasteiger partial charge in [-0.25, -0.2) is 9.37 Å². The second kappa shape index (κ2) is 9.01. The van der Waals surface area contributed by atoms with E-state index in [0.717, 1.165) is 16.3 Å². The molecule has 2 aromatic heterocycles. The van der Waals surface area contributed by atoms with E-state index in [-0.39, 0.29) is 23.7 Å². The van der Waals surface area contributed by atoms with E-state index in [4.69, 9.17) is 4.42 Å². The highest BCUT2D eigenvalue weighted by atomic mass is 32.1. The summed E-state index contributed by atoms with van der Waals surface area (Å²) < 4.78 is 18.5. The molecule has 3 heterocycles. The maximum absolute atomic E-state index is 13.1. The fourth-order valence-electron chi connectivity index (χ4n) is 3.69. The normalized spacial score (nSPS) is 14.6. The molecule has 4 rings (SSSR count). The van der Waals surface area contributed by atoms with Gasteiger partial charge in [0.15, 0.2) is 5.76 Å². The van der Waals surface area contributed by atoms with Gasteiger partial charge in [0.05, 0.1) is 10.7 Å². The van der Waals surface area contributed by atoms with Gasteiger partial charge in [-0.1, -0.05) is 12.1 Å². The smallest absolute Gasteiger partial charge is 0.287 e. The Morgan fingerprint density at radius 3 is 2.52 bits per heavy atom. The quantitative estimate of drug-likeness (QED) is 0.646. The van der Waals surface area contributed by atoms with E-state index in [1.54, 1.807) is 31.2 Å². The van der Waals surface area contributed by atoms with E-state index in [1.165, 1.54) is 23.5 Å². The van der Waals surface area contributed by atoms with Gasteiger partial charge in [-0.3, -0.25) is 9.59 Å². The molecule has 0 atom stereocenters. The molecule has 1 aliphatic rings. The lowest BCUT2D eigenvalue weighted by Crippen LogP contribution is -2.46. The first-order chi connectivity index (χ1) is 14.9. The summed E-state index contributed by atoms with van der Waals surface area (Å²) in [4.78, 5) is 32.3. The van der Waals surface area contributed by atoms with Gasteiger partial charge in [-0.15, -0.1) is 11.3 Å². The molecule has 31 heavy (non-hydrogen) atoms. The lowest BCUT2D eigenvalue weighted by molar-refractivity contribution is 0.0699. The minimum atomic E-state index is -0.270. The molecule has 0 unspecified atom stereocenters. The van der Waals surface area contributed by atoms with Crippen LogP contribution in [0.1, 0.15) is 55.1 Å². The number of piperidine rings is 1. The Morgan fingerprint density at radius 1 is 1.16 bits per heavy atom. The Balaban J connectivity index is 1.33. The van der Waals surface area contributed by atoms with E-state index in [2.05, 4.69) is 10.3 Å². The Morgan fingerprint density at radius 2 is 1.87 bits per heavy atom. The molecule has 1 saturated heterocycles. The summed E-state index contributed by atoms with van der Waals surface area (Å²) in [6, 6.07) is 9.76. The number of benzene rings is 1. The van der Waals surface area contributed by atoms with Crippen LogP contribution in [0.2, 0.25) is 0 Å². The number of aromatic nitrogens is 1. The van der Waals surface area contributed by atoms with E-state index < -0.39 is 0 Å². The highest BCUT2D eigenvalue weighted by Crippen LogP contribution is 2.24. The Hall–Kier alpha value is -3.00. The zero-order valence-electron chi connectivity index (χ0n) is 17.5. The number of rotatable bonds is 5. The molecule has 0 spiro atoms. The van der Waals surface area contributed by atoms with E-state index in [0.29, 0.717) is 48.7 Å². The number of carbonyl (C=O) groups excluding carboxylic acids is 2. The van der Waals surface area contributed by atoms with Crippen molar-refractivity contribution < 1.29 is 18.4 Å². The van der Waals surface area contributed by atoms with Crippen LogP contribution < -0.4 is 5.32 Å². The maximum Gasteiger partial charge on any atom is 0.287 e. The van der Waals surface area contributed by atoms with Crippen LogP contribution in [0.3, 0.4) is 0 Å². The summed E-state index contributed by atoms with van der Waals surface area (Å²) in [5.41, 5.74) is 1.67. The number of hydrogen-bond acceptors (Lipinski definition) is 5. The van der Waals surface area contributed by atoms with Crippen molar-refractivity contribution in [1.82, 2.24) is 15.2 Å². The van der Waals surface area contributed by atoms with Crippen LogP contribution in [0.25, 0.3) is 0 Å². The van der Waals surface area contributed by atoms with Crippen molar-refractivity contribution in [1.29, 1.82) is 0 Å². The highest BCUT2D eigenvalue weighted by molar-refractivity contribution is 7.13. The Bertz CT molecular complexity index is 1080. The zero-order chi connectivity index (χ0) is 22.0. The van der Waals surface area contributed by atoms with Gasteiger partial charge in [0.2, 0.25) is 0 Å². The van der Waals surface area contributed by atoms with E-state index in [1.807, 2.05) is 11.8 Å². The summed E-state index contributed by atoms with van der Waals surface area (Å²) >= 11 is 1.39. The number of furan rings is 1. The highest BCUT2D eigenvalue weighted by Gasteiger charge is 2.27. The molecule has 8 heteroatoms. The summed E-state index contributed by atoms with van der Waals surface area (Å²) in [7, 11) is 0. The van der Waals surface area contributed by atoms with Gasteiger partial charge in [0.25, 0.3) is 11.8 Å². The third kappa shape index (κ3) is 5.02. The first-order valence-electron chi connectivity index (χ1n) is 10.3. The van der Waals surface area contributed by atoms with Crippen molar-refractivity contribution in [3.05, 3.63) is 74.9 Å². The van der Waals surface area contributed by atoms with Crippen LogP contribution in [-0.4, -0.2) is 40.8 Å². The zero-order valence-corrected chi connectivity index (χ0v) is 18.3. The molecule has 0 aliphatic carbocycles. The van der Waals surface area contributed by atoms with Crippen molar-refractivity contribution in [2.75, 3.05) is 13.1 Å². The van der Waals surface area contributed by atoms with Crippen LogP contribution in [0.4, 0.5) is 4.39 Å². The van der Waals surface area contributed by atoms with E-state index >= 15 is 0 Å². The number of nitrogens with zero attached hydrogens (tertiary/aromatic N) is 2. The maximum atomic E-state index is 13.1. The van der Waals surface area contributed by atoms with Crippen LogP contribution >= 0.6 is 11.3 Å². The van der Waals surface area contributed by atoms with Crippen molar-refractivity contribution >= 4 is 23.2 Å². The monoisotopic (exact) mass is 441 g/mol. The average Bonchev–Trinajstić information content (AvgIpc) is 3.35. The molecule has 1 N–H and O–H groups in total. The predicted octanol–water partition coefficient (Wildman–Crippen LogP) is 4.12. The van der Waals surface area contributed by atoms with Crippen molar-refractivity contribution in [2.24, 2.45) is 0 Å². The molecule has 0 bridgehead atoms. The average molecular weight is 442 g/mol. The third-order valence-corrected chi connectivity index (χ3v) is 6.53. The summed E-state index contributed by atoms with van der Waals surface area (Å²) in [6.45, 7) is 4.79. The first-order valence-corrected chi connectivity index (χ1v) is 11.1. The second-order valence-electron chi connectivity index (χ2n) is 7.78. The molecule has 1 fully saturated rings. The van der Waals surface area contributed by atoms with Gasteiger partial charge in [-0.2, -0.15) is 0 Å². The van der Waals surface area contributed by atoms with E-state index in [9.17, 15) is 14.0 Å². The van der Waals surface area contributed by atoms with Crippen LogP contribution in [0, 0.1) is 19.7 Å². The van der Waals surface area contributed by atoms with Gasteiger partial charge in [0, 0.05) is 25.6 Å². The molecule has 2 amide bonds. The number of aryl methyl sites for hydroxylation is 2. The number of amides is 2. The largest absolute Gasteiger partial charge is 0.456 e. The minimum absolute atomic E-state index is 0.0125. The van der Waals surface area contributed by atoms with Gasteiger partial charge >= 0.3 is 0 Å². The summed E-state index contributed by atoms with van der Waals surface area (Å²) in [5, 5.41) is 3.82. The summed E-state index contributed by atoms with van der Waals surface area (Å²) in [6.07, 6.45) is 1.95. The number of likely N-dealkylation sites (tertiary alicyclic amines) is 1. The summed E-state index contributed by atoms with van der Waals surface area (Å²) in [5.74, 6) is 0.497. The Labute approximate surface area is 184 Å². The minimum Gasteiger partial charge on any atom is -0.456 e. The topological polar surface area (TPSA) is 75.4 Å². The Kier molecular flexibility index (Phi) is 6.18. The number of nitrogens with one attached hydrogen (secondary N) is 1. The molecule has 3 aromatic rings. The molecule has 6 nitrogen and oxygen atoms in total. The van der Waals surface area contributed by atoms with Gasteiger partial charge < -0.3 is 14.6 Å². The fraction of sp³-hybridized carbons (Fsp3) is 0.348. The second-order valence-corrected chi connectivity index (χ2v) is 8.86. The molecule has 0 saturated carbocycles. The number of carbonyl (C=O) groups is 2. The number of halogens is 1. The van der Waals surface area contributed by atoms with Crippen LogP contribution in [-0.2, 0) is 6.42 Å². The lowest BCUT2D eigenvalue weighted by Gasteiger charge is -2.32. The fourth-order valence-corrected chi connectivity index (χ4v) is 4.75. The molecule has 162 valence electrons. The third-order valence-electron chi connectivity index (χ3n) is 5.39.